The second-order valence-corrected chi connectivity index (χ2v) is 4.59. The molecule has 0 bridgehead atoms. The molecule has 0 saturated carbocycles. The number of anilines is 1. The van der Waals surface area contributed by atoms with Crippen LogP contribution >= 0.6 is 11.3 Å². The molecule has 1 saturated heterocycles. The predicted molar refractivity (Wildman–Crippen MR) is 61.2 cm³/mol. The molecular formula is C10H15N3OS. The number of amides is 1. The van der Waals surface area contributed by atoms with Gasteiger partial charge in [0.1, 0.15) is 0 Å². The highest BCUT2D eigenvalue weighted by Crippen LogP contribution is 2.14. The second kappa shape index (κ2) is 4.61. The summed E-state index contributed by atoms with van der Waals surface area (Å²) < 4.78 is 0. The molecule has 0 aromatic carbocycles. The number of rotatable bonds is 3. The monoisotopic (exact) mass is 225 g/mol. The van der Waals surface area contributed by atoms with Crippen LogP contribution in [0.15, 0.2) is 5.38 Å². The van der Waals surface area contributed by atoms with Crippen LogP contribution < -0.4 is 5.32 Å². The molecule has 1 aliphatic heterocycles. The molecule has 2 rings (SSSR count). The van der Waals surface area contributed by atoms with Gasteiger partial charge in [0.25, 0.3) is 0 Å². The first-order valence-corrected chi connectivity index (χ1v) is 6.07. The quantitative estimate of drug-likeness (QED) is 0.847. The lowest BCUT2D eigenvalue weighted by Crippen LogP contribution is -2.32. The summed E-state index contributed by atoms with van der Waals surface area (Å²) in [6.07, 6.45) is 2.28. The maximum Gasteiger partial charge on any atom is 0.241 e. The van der Waals surface area contributed by atoms with Crippen molar-refractivity contribution < 1.29 is 4.79 Å². The van der Waals surface area contributed by atoms with Gasteiger partial charge < -0.3 is 10.2 Å². The Balaban J connectivity index is 1.80. The molecule has 5 heteroatoms. The van der Waals surface area contributed by atoms with Gasteiger partial charge in [0, 0.05) is 18.5 Å². The molecule has 15 heavy (non-hydrogen) atoms. The topological polar surface area (TPSA) is 45.2 Å². The Hall–Kier alpha value is -1.10. The summed E-state index contributed by atoms with van der Waals surface area (Å²) in [7, 11) is 0. The lowest BCUT2D eigenvalue weighted by Gasteiger charge is -2.14. The van der Waals surface area contributed by atoms with Crippen molar-refractivity contribution in [1.29, 1.82) is 0 Å². The van der Waals surface area contributed by atoms with Gasteiger partial charge in [0.15, 0.2) is 5.13 Å². The van der Waals surface area contributed by atoms with E-state index in [-0.39, 0.29) is 5.91 Å². The largest absolute Gasteiger partial charge is 0.352 e. The number of nitrogens with zero attached hydrogens (tertiary/aromatic N) is 2. The highest BCUT2D eigenvalue weighted by atomic mass is 32.1. The molecule has 4 nitrogen and oxygen atoms in total. The number of aromatic nitrogens is 1. The number of nitrogens with one attached hydrogen (secondary N) is 1. The Kier molecular flexibility index (Phi) is 3.20. The van der Waals surface area contributed by atoms with Gasteiger partial charge in [0.2, 0.25) is 5.91 Å². The Morgan fingerprint density at radius 3 is 2.93 bits per heavy atom. The third-order valence-corrected chi connectivity index (χ3v) is 3.39. The number of carbonyl (C=O) groups is 1. The summed E-state index contributed by atoms with van der Waals surface area (Å²) in [5.41, 5.74) is 0.996. The lowest BCUT2D eigenvalue weighted by atomic mass is 10.4. The van der Waals surface area contributed by atoms with Gasteiger partial charge in [-0.2, -0.15) is 0 Å². The number of likely N-dealkylation sites (tertiary alicyclic amines) is 1. The summed E-state index contributed by atoms with van der Waals surface area (Å²) in [4.78, 5) is 17.8. The zero-order chi connectivity index (χ0) is 10.7. The zero-order valence-electron chi connectivity index (χ0n) is 8.82. The van der Waals surface area contributed by atoms with E-state index in [0.29, 0.717) is 6.54 Å². The molecule has 0 aliphatic carbocycles. The van der Waals surface area contributed by atoms with Crippen molar-refractivity contribution >= 4 is 22.4 Å². The van der Waals surface area contributed by atoms with E-state index in [0.717, 1.165) is 36.8 Å². The maximum absolute atomic E-state index is 11.7. The lowest BCUT2D eigenvalue weighted by molar-refractivity contribution is -0.128. The molecule has 1 N–H and O–H groups in total. The van der Waals surface area contributed by atoms with Crippen molar-refractivity contribution in [3.05, 3.63) is 11.1 Å². The normalized spacial score (nSPS) is 15.7. The molecule has 0 unspecified atom stereocenters. The fourth-order valence-corrected chi connectivity index (χ4v) is 2.35. The van der Waals surface area contributed by atoms with E-state index in [1.807, 2.05) is 17.2 Å². The zero-order valence-corrected chi connectivity index (χ0v) is 9.64. The minimum atomic E-state index is 0.181. The average molecular weight is 225 g/mol. The molecule has 1 aliphatic rings. The van der Waals surface area contributed by atoms with Crippen LogP contribution in [0.2, 0.25) is 0 Å². The van der Waals surface area contributed by atoms with Crippen molar-refractivity contribution in [2.24, 2.45) is 0 Å². The summed E-state index contributed by atoms with van der Waals surface area (Å²) in [5.74, 6) is 0.181. The Bertz CT molecular complexity index is 344. The van der Waals surface area contributed by atoms with Crippen molar-refractivity contribution in [2.75, 3.05) is 25.0 Å². The van der Waals surface area contributed by atoms with E-state index in [4.69, 9.17) is 0 Å². The molecule has 1 aromatic heterocycles. The van der Waals surface area contributed by atoms with Crippen LogP contribution in [0, 0.1) is 6.92 Å². The van der Waals surface area contributed by atoms with Crippen LogP contribution in [0.4, 0.5) is 5.13 Å². The van der Waals surface area contributed by atoms with Crippen LogP contribution in [0.3, 0.4) is 0 Å². The first kappa shape index (κ1) is 10.4. The van der Waals surface area contributed by atoms with Crippen LogP contribution in [0.1, 0.15) is 18.5 Å². The van der Waals surface area contributed by atoms with Gasteiger partial charge in [-0.25, -0.2) is 4.98 Å². The highest BCUT2D eigenvalue weighted by Gasteiger charge is 2.17. The first-order valence-electron chi connectivity index (χ1n) is 5.19. The number of aryl methyl sites for hydroxylation is 1. The Morgan fingerprint density at radius 2 is 2.33 bits per heavy atom. The first-order chi connectivity index (χ1) is 7.25. The summed E-state index contributed by atoms with van der Waals surface area (Å²) in [6, 6.07) is 0. The van der Waals surface area contributed by atoms with Crippen molar-refractivity contribution in [3.8, 4) is 0 Å². The van der Waals surface area contributed by atoms with E-state index >= 15 is 0 Å². The van der Waals surface area contributed by atoms with Gasteiger partial charge in [-0.1, -0.05) is 0 Å². The number of carbonyl (C=O) groups excluding carboxylic acids is 1. The van der Waals surface area contributed by atoms with E-state index in [2.05, 4.69) is 10.3 Å². The molecule has 1 amide bonds. The van der Waals surface area contributed by atoms with Gasteiger partial charge in [0.05, 0.1) is 12.2 Å². The SMILES string of the molecule is Cc1csc(NCC(=O)N2CCCC2)n1. The number of hydrogen-bond acceptors (Lipinski definition) is 4. The standard InChI is InChI=1S/C10H15N3OS/c1-8-7-15-10(12-8)11-6-9(14)13-4-2-3-5-13/h7H,2-6H2,1H3,(H,11,12). The minimum Gasteiger partial charge on any atom is -0.352 e. The molecule has 1 fully saturated rings. The molecule has 0 radical (unpaired) electrons. The van der Waals surface area contributed by atoms with Crippen LogP contribution in [-0.4, -0.2) is 35.4 Å². The van der Waals surface area contributed by atoms with Crippen LogP contribution in [-0.2, 0) is 4.79 Å². The van der Waals surface area contributed by atoms with Crippen LogP contribution in [0.5, 0.6) is 0 Å². The third-order valence-electron chi connectivity index (χ3n) is 2.47. The number of hydrogen-bond donors (Lipinski definition) is 1. The van der Waals surface area contributed by atoms with Crippen molar-refractivity contribution in [3.63, 3.8) is 0 Å². The smallest absolute Gasteiger partial charge is 0.241 e. The fraction of sp³-hybridized carbons (Fsp3) is 0.600. The van der Waals surface area contributed by atoms with E-state index in [1.165, 1.54) is 0 Å². The van der Waals surface area contributed by atoms with Gasteiger partial charge in [-0.3, -0.25) is 4.79 Å². The Morgan fingerprint density at radius 1 is 1.60 bits per heavy atom. The average Bonchev–Trinajstić information content (AvgIpc) is 2.84. The highest BCUT2D eigenvalue weighted by molar-refractivity contribution is 7.13. The van der Waals surface area contributed by atoms with Crippen molar-refractivity contribution in [1.82, 2.24) is 9.88 Å². The van der Waals surface area contributed by atoms with Gasteiger partial charge in [-0.15, -0.1) is 11.3 Å². The third kappa shape index (κ3) is 2.68. The number of thiazole rings is 1. The minimum absolute atomic E-state index is 0.181. The van der Waals surface area contributed by atoms with Crippen LogP contribution in [0.25, 0.3) is 0 Å². The summed E-state index contributed by atoms with van der Waals surface area (Å²) in [5, 5.41) is 5.87. The Labute approximate surface area is 93.3 Å². The molecule has 82 valence electrons. The molecule has 0 atom stereocenters. The molecule has 0 spiro atoms. The molecule has 1 aromatic rings. The van der Waals surface area contributed by atoms with E-state index < -0.39 is 0 Å². The van der Waals surface area contributed by atoms with Gasteiger partial charge in [-0.05, 0) is 19.8 Å². The fourth-order valence-electron chi connectivity index (χ4n) is 1.66. The predicted octanol–water partition coefficient (Wildman–Crippen LogP) is 1.49. The van der Waals surface area contributed by atoms with Crippen molar-refractivity contribution in [2.45, 2.75) is 19.8 Å². The molecule has 2 heterocycles. The van der Waals surface area contributed by atoms with E-state index in [1.54, 1.807) is 11.3 Å². The van der Waals surface area contributed by atoms with E-state index in [9.17, 15) is 4.79 Å². The maximum atomic E-state index is 11.7. The summed E-state index contributed by atoms with van der Waals surface area (Å²) in [6.45, 7) is 4.14. The van der Waals surface area contributed by atoms with Gasteiger partial charge >= 0.3 is 0 Å². The summed E-state index contributed by atoms with van der Waals surface area (Å²) >= 11 is 1.54. The second-order valence-electron chi connectivity index (χ2n) is 3.74. The molecular weight excluding hydrogens is 210 g/mol.